The van der Waals surface area contributed by atoms with Gasteiger partial charge in [-0.05, 0) is 30.6 Å². The molecule has 0 radical (unpaired) electrons. The number of fused-ring (bicyclic) bond motifs is 1. The summed E-state index contributed by atoms with van der Waals surface area (Å²) < 4.78 is 5.93. The SMILES string of the molecule is CC1c2cccn2CCN1C(=O)c1cnns1. The molecule has 1 atom stereocenters. The first-order valence-electron chi connectivity index (χ1n) is 5.51. The van der Waals surface area contributed by atoms with Crippen LogP contribution in [0.4, 0.5) is 0 Å². The Kier molecular flexibility index (Phi) is 2.44. The van der Waals surface area contributed by atoms with Gasteiger partial charge in [0.1, 0.15) is 4.88 Å². The molecule has 0 bridgehead atoms. The van der Waals surface area contributed by atoms with Crippen LogP contribution < -0.4 is 0 Å². The van der Waals surface area contributed by atoms with Crippen molar-refractivity contribution >= 4 is 17.4 Å². The molecule has 0 aromatic carbocycles. The molecule has 1 unspecified atom stereocenters. The van der Waals surface area contributed by atoms with Crippen LogP contribution in [0, 0.1) is 0 Å². The number of carbonyl (C=O) groups excluding carboxylic acids is 1. The van der Waals surface area contributed by atoms with Crippen molar-refractivity contribution in [2.75, 3.05) is 6.54 Å². The van der Waals surface area contributed by atoms with Gasteiger partial charge in [0.05, 0.1) is 12.2 Å². The third kappa shape index (κ3) is 1.64. The van der Waals surface area contributed by atoms with Crippen molar-refractivity contribution in [1.29, 1.82) is 0 Å². The maximum Gasteiger partial charge on any atom is 0.267 e. The van der Waals surface area contributed by atoms with Gasteiger partial charge in [-0.1, -0.05) is 4.49 Å². The molecular formula is C11H12N4OS. The minimum absolute atomic E-state index is 0.0277. The second-order valence-electron chi connectivity index (χ2n) is 4.08. The predicted molar refractivity (Wildman–Crippen MR) is 63.8 cm³/mol. The second kappa shape index (κ2) is 3.96. The van der Waals surface area contributed by atoms with Gasteiger partial charge in [-0.15, -0.1) is 5.10 Å². The van der Waals surface area contributed by atoms with Gasteiger partial charge in [0.15, 0.2) is 0 Å². The summed E-state index contributed by atoms with van der Waals surface area (Å²) in [5, 5.41) is 3.71. The predicted octanol–water partition coefficient (Wildman–Crippen LogP) is 1.56. The number of nitrogens with zero attached hydrogens (tertiary/aromatic N) is 4. The Bertz CT molecular complexity index is 533. The monoisotopic (exact) mass is 248 g/mol. The van der Waals surface area contributed by atoms with E-state index in [-0.39, 0.29) is 11.9 Å². The van der Waals surface area contributed by atoms with E-state index in [0.29, 0.717) is 4.88 Å². The zero-order chi connectivity index (χ0) is 11.8. The van der Waals surface area contributed by atoms with E-state index >= 15 is 0 Å². The topological polar surface area (TPSA) is 51.0 Å². The molecule has 1 amide bonds. The molecule has 2 aromatic rings. The summed E-state index contributed by atoms with van der Waals surface area (Å²) in [5.74, 6) is 0.0277. The van der Waals surface area contributed by atoms with Crippen LogP contribution in [-0.2, 0) is 6.54 Å². The van der Waals surface area contributed by atoms with Crippen LogP contribution in [0.1, 0.15) is 28.3 Å². The number of amides is 1. The Labute approximate surface area is 103 Å². The summed E-state index contributed by atoms with van der Waals surface area (Å²) in [6, 6.07) is 4.19. The number of aromatic nitrogens is 3. The van der Waals surface area contributed by atoms with Crippen LogP contribution in [0.5, 0.6) is 0 Å². The van der Waals surface area contributed by atoms with Gasteiger partial charge in [0.2, 0.25) is 0 Å². The average molecular weight is 248 g/mol. The molecule has 0 saturated heterocycles. The minimum Gasteiger partial charge on any atom is -0.348 e. The maximum absolute atomic E-state index is 12.3. The highest BCUT2D eigenvalue weighted by Gasteiger charge is 2.28. The third-order valence-corrected chi connectivity index (χ3v) is 3.83. The standard InChI is InChI=1S/C11H12N4OS/c1-8-9-3-2-4-14(9)5-6-15(8)11(16)10-7-12-13-17-10/h2-4,7-8H,5-6H2,1H3. The first kappa shape index (κ1) is 10.5. The summed E-state index contributed by atoms with van der Waals surface area (Å²) >= 11 is 1.15. The van der Waals surface area contributed by atoms with Crippen molar-refractivity contribution in [2.45, 2.75) is 19.5 Å². The van der Waals surface area contributed by atoms with E-state index in [4.69, 9.17) is 0 Å². The van der Waals surface area contributed by atoms with Crippen molar-refractivity contribution in [3.8, 4) is 0 Å². The lowest BCUT2D eigenvalue weighted by molar-refractivity contribution is 0.0649. The van der Waals surface area contributed by atoms with Crippen molar-refractivity contribution in [3.63, 3.8) is 0 Å². The zero-order valence-electron chi connectivity index (χ0n) is 9.41. The Balaban J connectivity index is 1.89. The Morgan fingerprint density at radius 3 is 3.18 bits per heavy atom. The largest absolute Gasteiger partial charge is 0.348 e. The van der Waals surface area contributed by atoms with Crippen LogP contribution in [0.2, 0.25) is 0 Å². The van der Waals surface area contributed by atoms with Crippen molar-refractivity contribution in [2.24, 2.45) is 0 Å². The first-order valence-corrected chi connectivity index (χ1v) is 6.28. The molecule has 17 heavy (non-hydrogen) atoms. The molecule has 3 rings (SSSR count). The zero-order valence-corrected chi connectivity index (χ0v) is 10.2. The summed E-state index contributed by atoms with van der Waals surface area (Å²) in [6.45, 7) is 3.64. The molecule has 5 nitrogen and oxygen atoms in total. The fourth-order valence-corrected chi connectivity index (χ4v) is 2.73. The highest BCUT2D eigenvalue weighted by Crippen LogP contribution is 2.27. The highest BCUT2D eigenvalue weighted by molar-refractivity contribution is 7.07. The van der Waals surface area contributed by atoms with Crippen LogP contribution in [0.25, 0.3) is 0 Å². The molecule has 0 saturated carbocycles. The molecule has 88 valence electrons. The van der Waals surface area contributed by atoms with Crippen LogP contribution >= 0.6 is 11.5 Å². The van der Waals surface area contributed by atoms with E-state index in [1.807, 2.05) is 11.0 Å². The van der Waals surface area contributed by atoms with Gasteiger partial charge in [0.25, 0.3) is 5.91 Å². The molecule has 6 heteroatoms. The van der Waals surface area contributed by atoms with E-state index < -0.39 is 0 Å². The summed E-state index contributed by atoms with van der Waals surface area (Å²) in [4.78, 5) is 14.7. The lowest BCUT2D eigenvalue weighted by Gasteiger charge is -2.34. The van der Waals surface area contributed by atoms with Gasteiger partial charge >= 0.3 is 0 Å². The fourth-order valence-electron chi connectivity index (χ4n) is 2.26. The number of hydrogen-bond donors (Lipinski definition) is 0. The average Bonchev–Trinajstić information content (AvgIpc) is 3.00. The van der Waals surface area contributed by atoms with Crippen LogP contribution in [0.15, 0.2) is 24.5 Å². The van der Waals surface area contributed by atoms with Crippen molar-refractivity contribution < 1.29 is 4.79 Å². The van der Waals surface area contributed by atoms with Gasteiger partial charge in [-0.2, -0.15) is 0 Å². The summed E-state index contributed by atoms with van der Waals surface area (Å²) in [5.41, 5.74) is 1.18. The molecule has 0 spiro atoms. The van der Waals surface area contributed by atoms with E-state index in [0.717, 1.165) is 24.6 Å². The highest BCUT2D eigenvalue weighted by atomic mass is 32.1. The van der Waals surface area contributed by atoms with Gasteiger partial charge in [0, 0.05) is 25.0 Å². The quantitative estimate of drug-likeness (QED) is 0.769. The van der Waals surface area contributed by atoms with Gasteiger partial charge in [-0.25, -0.2) is 0 Å². The second-order valence-corrected chi connectivity index (χ2v) is 4.87. The molecular weight excluding hydrogens is 236 g/mol. The Morgan fingerprint density at radius 2 is 2.41 bits per heavy atom. The molecule has 0 N–H and O–H groups in total. The number of rotatable bonds is 1. The molecule has 0 fully saturated rings. The minimum atomic E-state index is 0.0277. The number of carbonyl (C=O) groups is 1. The molecule has 0 aliphatic carbocycles. The normalized spacial score (nSPS) is 19.1. The first-order chi connectivity index (χ1) is 8.27. The molecule has 1 aliphatic rings. The maximum atomic E-state index is 12.3. The van der Waals surface area contributed by atoms with Gasteiger partial charge < -0.3 is 9.47 Å². The number of hydrogen-bond acceptors (Lipinski definition) is 4. The lowest BCUT2D eigenvalue weighted by atomic mass is 10.1. The Morgan fingerprint density at radius 1 is 1.53 bits per heavy atom. The summed E-state index contributed by atoms with van der Waals surface area (Å²) in [6.07, 6.45) is 3.59. The van der Waals surface area contributed by atoms with E-state index in [2.05, 4.69) is 33.3 Å². The third-order valence-electron chi connectivity index (χ3n) is 3.17. The smallest absolute Gasteiger partial charge is 0.267 e. The fraction of sp³-hybridized carbons (Fsp3) is 0.364. The van der Waals surface area contributed by atoms with Crippen molar-refractivity contribution in [3.05, 3.63) is 35.1 Å². The van der Waals surface area contributed by atoms with E-state index in [1.165, 1.54) is 11.9 Å². The lowest BCUT2D eigenvalue weighted by Crippen LogP contribution is -2.40. The van der Waals surface area contributed by atoms with Crippen molar-refractivity contribution in [1.82, 2.24) is 19.1 Å². The molecule has 2 aromatic heterocycles. The van der Waals surface area contributed by atoms with Crippen LogP contribution in [0.3, 0.4) is 0 Å². The van der Waals surface area contributed by atoms with E-state index in [9.17, 15) is 4.79 Å². The van der Waals surface area contributed by atoms with Crippen LogP contribution in [-0.4, -0.2) is 31.5 Å². The molecule has 1 aliphatic heterocycles. The Hall–Kier alpha value is -1.69. The molecule has 3 heterocycles. The van der Waals surface area contributed by atoms with E-state index in [1.54, 1.807) is 0 Å². The van der Waals surface area contributed by atoms with Gasteiger partial charge in [-0.3, -0.25) is 4.79 Å². The summed E-state index contributed by atoms with van der Waals surface area (Å²) in [7, 11) is 0.